The van der Waals surface area contributed by atoms with Gasteiger partial charge in [-0.3, -0.25) is 0 Å². The second-order valence-corrected chi connectivity index (χ2v) is 7.51. The van der Waals surface area contributed by atoms with Crippen LogP contribution >= 0.6 is 11.6 Å². The molecule has 1 aromatic rings. The Balaban J connectivity index is 2.36. The maximum atomic E-state index is 12.6. The molecule has 0 radical (unpaired) electrons. The smallest absolute Gasteiger partial charge is 0.182 e. The van der Waals surface area contributed by atoms with Crippen LogP contribution in [0.4, 0.5) is 0 Å². The molecule has 19 heavy (non-hydrogen) atoms. The first-order valence-corrected chi connectivity index (χ1v) is 8.37. The van der Waals surface area contributed by atoms with Crippen LogP contribution in [0.2, 0.25) is 5.02 Å². The van der Waals surface area contributed by atoms with E-state index >= 15 is 0 Å². The Morgan fingerprint density at radius 2 is 1.74 bits per heavy atom. The van der Waals surface area contributed by atoms with E-state index in [0.717, 1.165) is 19.3 Å². The fourth-order valence-electron chi connectivity index (χ4n) is 2.59. The summed E-state index contributed by atoms with van der Waals surface area (Å²) in [5, 5.41) is 9.13. The molecule has 3 nitrogen and oxygen atoms in total. The van der Waals surface area contributed by atoms with Gasteiger partial charge in [-0.1, -0.05) is 30.9 Å². The maximum Gasteiger partial charge on any atom is 0.182 e. The van der Waals surface area contributed by atoms with Gasteiger partial charge in [-0.25, -0.2) is 8.42 Å². The van der Waals surface area contributed by atoms with Gasteiger partial charge in [-0.05, 0) is 37.1 Å². The highest BCUT2D eigenvalue weighted by Crippen LogP contribution is 2.32. The average molecular weight is 298 g/mol. The quantitative estimate of drug-likeness (QED) is 0.784. The molecule has 0 saturated heterocycles. The summed E-state index contributed by atoms with van der Waals surface area (Å²) in [6.07, 6.45) is 4.06. The van der Waals surface area contributed by atoms with Crippen molar-refractivity contribution in [3.63, 3.8) is 0 Å². The van der Waals surface area contributed by atoms with Crippen molar-refractivity contribution in [3.05, 3.63) is 29.3 Å². The number of rotatable bonds is 2. The van der Waals surface area contributed by atoms with Crippen LogP contribution in [0.5, 0.6) is 0 Å². The Labute approximate surface area is 119 Å². The lowest BCUT2D eigenvalue weighted by atomic mass is 10.0. The summed E-state index contributed by atoms with van der Waals surface area (Å²) >= 11 is 5.78. The number of sulfone groups is 1. The summed E-state index contributed by atoms with van der Waals surface area (Å²) in [7, 11) is -3.44. The van der Waals surface area contributed by atoms with Gasteiger partial charge in [-0.15, -0.1) is 0 Å². The first-order valence-electron chi connectivity index (χ1n) is 6.45. The lowest BCUT2D eigenvalue weighted by molar-refractivity contribution is 0.523. The Morgan fingerprint density at radius 1 is 1.11 bits per heavy atom. The summed E-state index contributed by atoms with van der Waals surface area (Å²) in [6, 6.07) is 8.38. The summed E-state index contributed by atoms with van der Waals surface area (Å²) in [4.78, 5) is 0.268. The van der Waals surface area contributed by atoms with Crippen LogP contribution in [0, 0.1) is 17.2 Å². The van der Waals surface area contributed by atoms with E-state index in [2.05, 4.69) is 6.07 Å². The molecule has 1 saturated carbocycles. The molecule has 5 heteroatoms. The predicted octanol–water partition coefficient (Wildman–Crippen LogP) is 3.59. The molecule has 0 heterocycles. The second kappa shape index (κ2) is 5.94. The first-order chi connectivity index (χ1) is 9.05. The molecule has 0 aliphatic heterocycles. The molecule has 0 bridgehead atoms. The van der Waals surface area contributed by atoms with Crippen molar-refractivity contribution in [2.24, 2.45) is 5.92 Å². The standard InChI is InChI=1S/C14H16ClNO2S/c15-12-6-8-13(9-7-12)19(17,18)14-5-3-1-2-4-11(14)10-16/h6-9,11,14H,1-5H2. The number of halogens is 1. The van der Waals surface area contributed by atoms with Crippen LogP contribution < -0.4 is 0 Å². The van der Waals surface area contributed by atoms with E-state index in [1.807, 2.05) is 0 Å². The normalized spacial score (nSPS) is 24.4. The minimum Gasteiger partial charge on any atom is -0.223 e. The average Bonchev–Trinajstić information content (AvgIpc) is 2.64. The summed E-state index contributed by atoms with van der Waals surface area (Å²) in [5.41, 5.74) is 0. The molecule has 1 aromatic carbocycles. The molecule has 102 valence electrons. The van der Waals surface area contributed by atoms with Gasteiger partial charge in [0.25, 0.3) is 0 Å². The van der Waals surface area contributed by atoms with E-state index in [1.54, 1.807) is 12.1 Å². The number of hydrogen-bond donors (Lipinski definition) is 0. The zero-order valence-electron chi connectivity index (χ0n) is 10.5. The highest BCUT2D eigenvalue weighted by molar-refractivity contribution is 7.92. The van der Waals surface area contributed by atoms with E-state index < -0.39 is 21.0 Å². The van der Waals surface area contributed by atoms with Crippen molar-refractivity contribution in [2.75, 3.05) is 0 Å². The van der Waals surface area contributed by atoms with E-state index in [-0.39, 0.29) is 4.90 Å². The molecule has 0 N–H and O–H groups in total. The minimum atomic E-state index is -3.44. The number of nitrogens with zero attached hydrogens (tertiary/aromatic N) is 1. The Kier molecular flexibility index (Phi) is 4.49. The summed E-state index contributed by atoms with van der Waals surface area (Å²) in [6.45, 7) is 0. The van der Waals surface area contributed by atoms with Crippen molar-refractivity contribution >= 4 is 21.4 Å². The SMILES string of the molecule is N#CC1CCCCCC1S(=O)(=O)c1ccc(Cl)cc1. The molecule has 1 aliphatic rings. The lowest BCUT2D eigenvalue weighted by Crippen LogP contribution is -2.28. The maximum absolute atomic E-state index is 12.6. The fourth-order valence-corrected chi connectivity index (χ4v) is 4.69. The van der Waals surface area contributed by atoms with Gasteiger partial charge in [-0.2, -0.15) is 5.26 Å². The molecule has 1 aliphatic carbocycles. The van der Waals surface area contributed by atoms with Gasteiger partial charge in [0.15, 0.2) is 9.84 Å². The lowest BCUT2D eigenvalue weighted by Gasteiger charge is -2.19. The van der Waals surface area contributed by atoms with Crippen LogP contribution in [0.3, 0.4) is 0 Å². The highest BCUT2D eigenvalue weighted by atomic mass is 35.5. The predicted molar refractivity (Wildman–Crippen MR) is 74.6 cm³/mol. The van der Waals surface area contributed by atoms with Crippen LogP contribution in [-0.2, 0) is 9.84 Å². The van der Waals surface area contributed by atoms with Gasteiger partial charge in [0.05, 0.1) is 22.1 Å². The van der Waals surface area contributed by atoms with Gasteiger partial charge in [0, 0.05) is 5.02 Å². The molecular formula is C14H16ClNO2S. The fraction of sp³-hybridized carbons (Fsp3) is 0.500. The van der Waals surface area contributed by atoms with Gasteiger partial charge >= 0.3 is 0 Å². The van der Waals surface area contributed by atoms with E-state index in [0.29, 0.717) is 17.9 Å². The summed E-state index contributed by atoms with van der Waals surface area (Å²) in [5.74, 6) is -0.400. The number of nitriles is 1. The molecule has 2 atom stereocenters. The topological polar surface area (TPSA) is 57.9 Å². The van der Waals surface area contributed by atoms with Crippen molar-refractivity contribution in [2.45, 2.75) is 42.2 Å². The Morgan fingerprint density at radius 3 is 2.37 bits per heavy atom. The van der Waals surface area contributed by atoms with Crippen molar-refractivity contribution in [1.29, 1.82) is 5.26 Å². The summed E-state index contributed by atoms with van der Waals surface area (Å²) < 4.78 is 25.3. The third-order valence-corrected chi connectivity index (χ3v) is 6.20. The van der Waals surface area contributed by atoms with Crippen LogP contribution in [-0.4, -0.2) is 13.7 Å². The van der Waals surface area contributed by atoms with Crippen molar-refractivity contribution < 1.29 is 8.42 Å². The van der Waals surface area contributed by atoms with Crippen LogP contribution in [0.15, 0.2) is 29.2 Å². The van der Waals surface area contributed by atoms with E-state index in [1.165, 1.54) is 12.1 Å². The van der Waals surface area contributed by atoms with Gasteiger partial charge < -0.3 is 0 Å². The number of hydrogen-bond acceptors (Lipinski definition) is 3. The zero-order valence-corrected chi connectivity index (χ0v) is 12.1. The monoisotopic (exact) mass is 297 g/mol. The van der Waals surface area contributed by atoms with Gasteiger partial charge in [0.2, 0.25) is 0 Å². The van der Waals surface area contributed by atoms with Crippen molar-refractivity contribution in [1.82, 2.24) is 0 Å². The van der Waals surface area contributed by atoms with Crippen LogP contribution in [0.25, 0.3) is 0 Å². The third kappa shape index (κ3) is 3.10. The van der Waals surface area contributed by atoms with Crippen LogP contribution in [0.1, 0.15) is 32.1 Å². The molecule has 0 amide bonds. The Bertz CT molecular complexity index is 574. The molecule has 2 unspecified atom stereocenters. The van der Waals surface area contributed by atoms with E-state index in [9.17, 15) is 13.7 Å². The van der Waals surface area contributed by atoms with Crippen molar-refractivity contribution in [3.8, 4) is 6.07 Å². The molecule has 2 rings (SSSR count). The molecule has 0 spiro atoms. The zero-order chi connectivity index (χ0) is 13.9. The van der Waals surface area contributed by atoms with Gasteiger partial charge in [0.1, 0.15) is 0 Å². The van der Waals surface area contributed by atoms with E-state index in [4.69, 9.17) is 11.6 Å². The second-order valence-electron chi connectivity index (χ2n) is 4.91. The largest absolute Gasteiger partial charge is 0.223 e. The molecular weight excluding hydrogens is 282 g/mol. The number of benzene rings is 1. The highest BCUT2D eigenvalue weighted by Gasteiger charge is 2.35. The Hall–Kier alpha value is -1.05. The first kappa shape index (κ1) is 14.4. The third-order valence-electron chi connectivity index (χ3n) is 3.66. The molecule has 0 aromatic heterocycles. The minimum absolute atomic E-state index is 0.268. The molecule has 1 fully saturated rings.